The monoisotopic (exact) mass is 254 g/mol. The molecule has 0 N–H and O–H groups in total. The largest absolute Gasteiger partial charge is 0.468 e. The van der Waals surface area contributed by atoms with Gasteiger partial charge in [-0.15, -0.1) is 11.8 Å². The van der Waals surface area contributed by atoms with Crippen LogP contribution in [0.4, 0.5) is 8.78 Å². The second kappa shape index (κ2) is 9.87. The van der Waals surface area contributed by atoms with Crippen molar-refractivity contribution in [1.29, 1.82) is 0 Å². The van der Waals surface area contributed by atoms with Crippen molar-refractivity contribution in [1.82, 2.24) is 0 Å². The summed E-state index contributed by atoms with van der Waals surface area (Å²) in [5, 5.41) is -0.111. The van der Waals surface area contributed by atoms with Gasteiger partial charge in [0, 0.05) is 6.42 Å². The van der Waals surface area contributed by atoms with Crippen LogP contribution in [0.1, 0.15) is 39.0 Å². The number of unbranched alkanes of at least 4 members (excludes halogenated alkanes) is 2. The molecule has 0 rings (SSSR count). The Bertz CT molecular complexity index is 189. The van der Waals surface area contributed by atoms with E-state index in [9.17, 15) is 13.6 Å². The van der Waals surface area contributed by atoms with Crippen LogP contribution in [-0.2, 0) is 9.53 Å². The van der Waals surface area contributed by atoms with Crippen molar-refractivity contribution in [3.05, 3.63) is 0 Å². The summed E-state index contributed by atoms with van der Waals surface area (Å²) in [4.78, 5) is 11.2. The van der Waals surface area contributed by atoms with Gasteiger partial charge in [-0.25, -0.2) is 8.78 Å². The topological polar surface area (TPSA) is 26.3 Å². The molecule has 2 nitrogen and oxygen atoms in total. The molecule has 0 aromatic rings. The summed E-state index contributed by atoms with van der Waals surface area (Å²) in [5.41, 5.74) is 0. The van der Waals surface area contributed by atoms with E-state index in [4.69, 9.17) is 0 Å². The molecule has 0 aliphatic carbocycles. The first-order chi connectivity index (χ1) is 7.61. The van der Waals surface area contributed by atoms with Gasteiger partial charge >= 0.3 is 5.97 Å². The molecule has 5 heteroatoms. The van der Waals surface area contributed by atoms with E-state index in [0.717, 1.165) is 25.0 Å². The van der Waals surface area contributed by atoms with Crippen LogP contribution in [0.25, 0.3) is 0 Å². The van der Waals surface area contributed by atoms with E-state index >= 15 is 0 Å². The summed E-state index contributed by atoms with van der Waals surface area (Å²) in [7, 11) is 1.38. The number of alkyl halides is 2. The van der Waals surface area contributed by atoms with Crippen LogP contribution in [0.5, 0.6) is 0 Å². The van der Waals surface area contributed by atoms with Crippen molar-refractivity contribution in [3.63, 3.8) is 0 Å². The Morgan fingerprint density at radius 1 is 1.31 bits per heavy atom. The predicted molar refractivity (Wildman–Crippen MR) is 63.0 cm³/mol. The summed E-state index contributed by atoms with van der Waals surface area (Å²) in [6.45, 7) is 1.94. The Morgan fingerprint density at radius 2 is 2.00 bits per heavy atom. The lowest BCUT2D eigenvalue weighted by Crippen LogP contribution is -2.18. The summed E-state index contributed by atoms with van der Waals surface area (Å²) >= 11 is 1.55. The van der Waals surface area contributed by atoms with Gasteiger partial charge in [0.2, 0.25) is 6.43 Å². The Kier molecular flexibility index (Phi) is 9.68. The number of rotatable bonds is 9. The highest BCUT2D eigenvalue weighted by molar-refractivity contribution is 8.00. The lowest BCUT2D eigenvalue weighted by atomic mass is 10.2. The minimum absolute atomic E-state index is 0.0150. The molecular formula is C11H20F2O2S. The molecule has 0 radical (unpaired) electrons. The highest BCUT2D eigenvalue weighted by Crippen LogP contribution is 2.18. The predicted octanol–water partition coefficient (Wildman–Crippen LogP) is 3.50. The first kappa shape index (κ1) is 15.7. The van der Waals surface area contributed by atoms with E-state index in [1.165, 1.54) is 7.11 Å². The van der Waals surface area contributed by atoms with Crippen molar-refractivity contribution in [2.24, 2.45) is 0 Å². The summed E-state index contributed by atoms with van der Waals surface area (Å²) in [5.74, 6) is 0.636. The first-order valence-corrected chi connectivity index (χ1v) is 6.64. The van der Waals surface area contributed by atoms with E-state index in [0.29, 0.717) is 6.42 Å². The van der Waals surface area contributed by atoms with Crippen LogP contribution in [0.3, 0.4) is 0 Å². The first-order valence-electron chi connectivity index (χ1n) is 5.59. The number of ether oxygens (including phenoxy) is 1. The van der Waals surface area contributed by atoms with Crippen LogP contribution in [-0.4, -0.2) is 30.5 Å². The minimum Gasteiger partial charge on any atom is -0.468 e. The summed E-state index contributed by atoms with van der Waals surface area (Å²) < 4.78 is 28.3. The number of carbonyl (C=O) groups excluding carboxylic acids is 1. The quantitative estimate of drug-likeness (QED) is 0.465. The van der Waals surface area contributed by atoms with E-state index in [1.54, 1.807) is 11.8 Å². The fourth-order valence-corrected chi connectivity index (χ4v) is 2.41. The average molecular weight is 254 g/mol. The summed E-state index contributed by atoms with van der Waals surface area (Å²) in [6.07, 6.45) is 0.784. The Hall–Kier alpha value is -0.320. The van der Waals surface area contributed by atoms with Gasteiger partial charge in [-0.3, -0.25) is 4.79 Å². The number of halogens is 2. The molecule has 16 heavy (non-hydrogen) atoms. The van der Waals surface area contributed by atoms with Gasteiger partial charge in [-0.2, -0.15) is 0 Å². The maximum absolute atomic E-state index is 11.8. The van der Waals surface area contributed by atoms with E-state index < -0.39 is 6.43 Å². The van der Waals surface area contributed by atoms with Crippen LogP contribution >= 0.6 is 11.8 Å². The standard InChI is InChI=1S/C11H20F2O2S/c1-3-9(11(14)15-2)16-8-6-4-5-7-10(12)13/h9-10H,3-8H2,1-2H3. The van der Waals surface area contributed by atoms with Gasteiger partial charge in [-0.1, -0.05) is 13.3 Å². The van der Waals surface area contributed by atoms with Crippen LogP contribution in [0, 0.1) is 0 Å². The Balaban J connectivity index is 3.45. The number of hydrogen-bond donors (Lipinski definition) is 0. The molecule has 0 spiro atoms. The highest BCUT2D eigenvalue weighted by Gasteiger charge is 2.16. The van der Waals surface area contributed by atoms with Crippen molar-refractivity contribution in [2.75, 3.05) is 12.9 Å². The molecule has 0 aliphatic rings. The molecule has 96 valence electrons. The molecule has 1 atom stereocenters. The zero-order valence-electron chi connectivity index (χ0n) is 9.88. The minimum atomic E-state index is -2.19. The SMILES string of the molecule is CCC(SCCCCCC(F)F)C(=O)OC. The van der Waals surface area contributed by atoms with E-state index in [1.807, 2.05) is 6.92 Å². The van der Waals surface area contributed by atoms with Gasteiger partial charge < -0.3 is 4.74 Å². The molecule has 0 aromatic heterocycles. The molecule has 0 bridgehead atoms. The number of esters is 1. The lowest BCUT2D eigenvalue weighted by molar-refractivity contribution is -0.140. The lowest BCUT2D eigenvalue weighted by Gasteiger charge is -2.11. The smallest absolute Gasteiger partial charge is 0.318 e. The van der Waals surface area contributed by atoms with Gasteiger partial charge in [0.1, 0.15) is 5.25 Å². The third kappa shape index (κ3) is 7.91. The van der Waals surface area contributed by atoms with Gasteiger partial charge in [0.25, 0.3) is 0 Å². The zero-order valence-corrected chi connectivity index (χ0v) is 10.7. The van der Waals surface area contributed by atoms with Gasteiger partial charge in [0.05, 0.1) is 7.11 Å². The third-order valence-corrected chi connectivity index (χ3v) is 3.67. The number of carbonyl (C=O) groups is 1. The molecule has 0 saturated carbocycles. The molecule has 0 aliphatic heterocycles. The van der Waals surface area contributed by atoms with Crippen LogP contribution < -0.4 is 0 Å². The van der Waals surface area contributed by atoms with Crippen molar-refractivity contribution in [2.45, 2.75) is 50.7 Å². The normalized spacial score (nSPS) is 12.8. The number of hydrogen-bond acceptors (Lipinski definition) is 3. The third-order valence-electron chi connectivity index (χ3n) is 2.22. The van der Waals surface area contributed by atoms with Gasteiger partial charge in [0.15, 0.2) is 0 Å². The maximum Gasteiger partial charge on any atom is 0.318 e. The molecule has 0 aromatic carbocycles. The molecule has 0 amide bonds. The van der Waals surface area contributed by atoms with Crippen LogP contribution in [0.2, 0.25) is 0 Å². The molecule has 0 saturated heterocycles. The molecule has 0 heterocycles. The molecule has 0 fully saturated rings. The Labute approximate surface area is 100 Å². The van der Waals surface area contributed by atoms with Crippen molar-refractivity contribution < 1.29 is 18.3 Å². The highest BCUT2D eigenvalue weighted by atomic mass is 32.2. The summed E-state index contributed by atoms with van der Waals surface area (Å²) in [6, 6.07) is 0. The maximum atomic E-state index is 11.8. The fourth-order valence-electron chi connectivity index (χ4n) is 1.29. The Morgan fingerprint density at radius 3 is 2.50 bits per heavy atom. The van der Waals surface area contributed by atoms with E-state index in [-0.39, 0.29) is 17.6 Å². The zero-order chi connectivity index (χ0) is 12.4. The van der Waals surface area contributed by atoms with Crippen molar-refractivity contribution in [3.8, 4) is 0 Å². The fraction of sp³-hybridized carbons (Fsp3) is 0.909. The second-order valence-electron chi connectivity index (χ2n) is 3.53. The van der Waals surface area contributed by atoms with Gasteiger partial charge in [-0.05, 0) is 25.0 Å². The molecular weight excluding hydrogens is 234 g/mol. The number of thioether (sulfide) groups is 1. The second-order valence-corrected chi connectivity index (χ2v) is 4.84. The molecule has 1 unspecified atom stereocenters. The average Bonchev–Trinajstić information content (AvgIpc) is 2.27. The van der Waals surface area contributed by atoms with Crippen LogP contribution in [0.15, 0.2) is 0 Å². The van der Waals surface area contributed by atoms with E-state index in [2.05, 4.69) is 4.74 Å². The van der Waals surface area contributed by atoms with Crippen molar-refractivity contribution >= 4 is 17.7 Å². The number of methoxy groups -OCH3 is 1.